The van der Waals surface area contributed by atoms with E-state index >= 15 is 0 Å². The topological polar surface area (TPSA) is 64.0 Å². The van der Waals surface area contributed by atoms with Gasteiger partial charge in [-0.2, -0.15) is 0 Å². The van der Waals surface area contributed by atoms with Crippen LogP contribution in [0.3, 0.4) is 0 Å². The van der Waals surface area contributed by atoms with E-state index in [1.807, 2.05) is 18.2 Å². The third-order valence-electron chi connectivity index (χ3n) is 3.86. The van der Waals surface area contributed by atoms with Gasteiger partial charge in [0.2, 0.25) is 0 Å². The quantitative estimate of drug-likeness (QED) is 0.705. The molecule has 1 atom stereocenters. The van der Waals surface area contributed by atoms with Crippen LogP contribution in [0.4, 0.5) is 5.82 Å². The number of anilines is 1. The summed E-state index contributed by atoms with van der Waals surface area (Å²) in [4.78, 5) is 19.2. The lowest BCUT2D eigenvalue weighted by Crippen LogP contribution is -2.25. The molecule has 116 valence electrons. The van der Waals surface area contributed by atoms with Gasteiger partial charge in [0.15, 0.2) is 5.65 Å². The molecule has 7 heteroatoms. The van der Waals surface area contributed by atoms with Crippen LogP contribution in [0, 0.1) is 0 Å². The van der Waals surface area contributed by atoms with Crippen LogP contribution in [0.15, 0.2) is 47.6 Å². The van der Waals surface area contributed by atoms with Crippen molar-refractivity contribution in [3.63, 3.8) is 0 Å². The second kappa shape index (κ2) is 6.08. The Morgan fingerprint density at radius 1 is 1.17 bits per heavy atom. The van der Waals surface area contributed by atoms with Gasteiger partial charge >= 0.3 is 0 Å². The second-order valence-electron chi connectivity index (χ2n) is 5.35. The highest BCUT2D eigenvalue weighted by Crippen LogP contribution is 2.29. The molecule has 3 aromatic heterocycles. The Morgan fingerprint density at radius 3 is 3.04 bits per heavy atom. The van der Waals surface area contributed by atoms with Gasteiger partial charge in [0.25, 0.3) is 0 Å². The first kappa shape index (κ1) is 14.3. The van der Waals surface area contributed by atoms with Crippen LogP contribution in [-0.2, 0) is 0 Å². The van der Waals surface area contributed by atoms with Gasteiger partial charge in [-0.15, -0.1) is 0 Å². The predicted molar refractivity (Wildman–Crippen MR) is 90.5 cm³/mol. The summed E-state index contributed by atoms with van der Waals surface area (Å²) in [6.07, 6.45) is 7.85. The summed E-state index contributed by atoms with van der Waals surface area (Å²) in [5.41, 5.74) is 0.721. The number of fused-ring (bicyclic) bond motifs is 1. The average molecular weight is 372 g/mol. The van der Waals surface area contributed by atoms with E-state index in [9.17, 15) is 0 Å². The van der Waals surface area contributed by atoms with Crippen molar-refractivity contribution in [3.05, 3.63) is 47.6 Å². The Balaban J connectivity index is 1.55. The highest BCUT2D eigenvalue weighted by molar-refractivity contribution is 9.10. The van der Waals surface area contributed by atoms with Crippen LogP contribution in [0.5, 0.6) is 5.75 Å². The van der Waals surface area contributed by atoms with Crippen LogP contribution >= 0.6 is 15.9 Å². The van der Waals surface area contributed by atoms with Gasteiger partial charge in [0.1, 0.15) is 24.0 Å². The molecule has 1 aliphatic rings. The van der Waals surface area contributed by atoms with Crippen molar-refractivity contribution in [2.45, 2.75) is 12.5 Å². The molecule has 3 aromatic rings. The van der Waals surface area contributed by atoms with Crippen LogP contribution in [-0.4, -0.2) is 39.1 Å². The number of pyridine rings is 2. The summed E-state index contributed by atoms with van der Waals surface area (Å²) < 4.78 is 6.95. The minimum Gasteiger partial charge on any atom is -0.487 e. The number of hydrogen-bond donors (Lipinski definition) is 0. The molecule has 23 heavy (non-hydrogen) atoms. The zero-order chi connectivity index (χ0) is 15.6. The van der Waals surface area contributed by atoms with Gasteiger partial charge in [-0.05, 0) is 34.1 Å². The van der Waals surface area contributed by atoms with Gasteiger partial charge in [0, 0.05) is 31.6 Å². The van der Waals surface area contributed by atoms with E-state index in [1.54, 1.807) is 24.9 Å². The Hall–Kier alpha value is -2.28. The van der Waals surface area contributed by atoms with Crippen molar-refractivity contribution in [2.24, 2.45) is 0 Å². The molecule has 4 heterocycles. The third-order valence-corrected chi connectivity index (χ3v) is 4.46. The molecule has 0 saturated carbocycles. The smallest absolute Gasteiger partial charge is 0.164 e. The van der Waals surface area contributed by atoms with E-state index in [2.05, 4.69) is 40.8 Å². The first-order valence-electron chi connectivity index (χ1n) is 7.38. The van der Waals surface area contributed by atoms with Crippen LogP contribution in [0.2, 0.25) is 0 Å². The molecule has 1 unspecified atom stereocenters. The summed E-state index contributed by atoms with van der Waals surface area (Å²) in [6.45, 7) is 1.68. The normalized spacial score (nSPS) is 17.6. The van der Waals surface area contributed by atoms with Crippen molar-refractivity contribution in [1.82, 2.24) is 19.9 Å². The van der Waals surface area contributed by atoms with Gasteiger partial charge in [0.05, 0.1) is 16.4 Å². The third kappa shape index (κ3) is 2.84. The highest BCUT2D eigenvalue weighted by Gasteiger charge is 2.26. The van der Waals surface area contributed by atoms with E-state index in [0.29, 0.717) is 0 Å². The first-order chi connectivity index (χ1) is 11.3. The van der Waals surface area contributed by atoms with E-state index in [0.717, 1.165) is 46.6 Å². The zero-order valence-electron chi connectivity index (χ0n) is 12.3. The van der Waals surface area contributed by atoms with Crippen molar-refractivity contribution < 1.29 is 4.74 Å². The maximum absolute atomic E-state index is 6.08. The molecule has 4 rings (SSSR count). The molecular weight excluding hydrogens is 358 g/mol. The Bertz CT molecular complexity index is 838. The van der Waals surface area contributed by atoms with Gasteiger partial charge < -0.3 is 9.64 Å². The van der Waals surface area contributed by atoms with E-state index in [4.69, 9.17) is 4.74 Å². The fourth-order valence-electron chi connectivity index (χ4n) is 2.79. The largest absolute Gasteiger partial charge is 0.487 e. The molecule has 6 nitrogen and oxygen atoms in total. The number of ether oxygens (including phenoxy) is 1. The van der Waals surface area contributed by atoms with Crippen molar-refractivity contribution in [2.75, 3.05) is 18.0 Å². The zero-order valence-corrected chi connectivity index (χ0v) is 13.8. The lowest BCUT2D eigenvalue weighted by molar-refractivity contribution is 0.223. The molecule has 0 spiro atoms. The summed E-state index contributed by atoms with van der Waals surface area (Å²) in [5.74, 6) is 1.74. The molecule has 0 aromatic carbocycles. The fourth-order valence-corrected chi connectivity index (χ4v) is 3.13. The van der Waals surface area contributed by atoms with Crippen LogP contribution < -0.4 is 9.64 Å². The first-order valence-corrected chi connectivity index (χ1v) is 8.17. The number of nitrogens with zero attached hydrogens (tertiary/aromatic N) is 5. The minimum atomic E-state index is 0.121. The maximum Gasteiger partial charge on any atom is 0.164 e. The molecule has 1 aliphatic heterocycles. The Morgan fingerprint density at radius 2 is 2.13 bits per heavy atom. The van der Waals surface area contributed by atoms with Crippen LogP contribution in [0.1, 0.15) is 6.42 Å². The number of hydrogen-bond acceptors (Lipinski definition) is 6. The minimum absolute atomic E-state index is 0.121. The standard InChI is InChI=1S/C16H14BrN5O/c17-13-8-18-6-3-14(13)23-11-4-7-22(9-11)16-12-2-1-5-19-15(12)20-10-21-16/h1-3,5-6,8,10-11H,4,7,9H2. The molecule has 1 fully saturated rings. The molecule has 0 bridgehead atoms. The maximum atomic E-state index is 6.08. The lowest BCUT2D eigenvalue weighted by atomic mass is 10.3. The Kier molecular flexibility index (Phi) is 3.78. The summed E-state index contributed by atoms with van der Waals surface area (Å²) in [6, 6.07) is 5.79. The number of rotatable bonds is 3. The van der Waals surface area contributed by atoms with Crippen molar-refractivity contribution in [1.29, 1.82) is 0 Å². The van der Waals surface area contributed by atoms with Crippen molar-refractivity contribution in [3.8, 4) is 5.75 Å². The molecule has 1 saturated heterocycles. The fraction of sp³-hybridized carbons (Fsp3) is 0.250. The van der Waals surface area contributed by atoms with Crippen LogP contribution in [0.25, 0.3) is 11.0 Å². The Labute approximate surface area is 141 Å². The number of halogens is 1. The van der Waals surface area contributed by atoms with E-state index in [-0.39, 0.29) is 6.10 Å². The molecule has 0 amide bonds. The molecule has 0 radical (unpaired) electrons. The lowest BCUT2D eigenvalue weighted by Gasteiger charge is -2.19. The van der Waals surface area contributed by atoms with Crippen molar-refractivity contribution >= 4 is 32.8 Å². The molecule has 0 aliphatic carbocycles. The average Bonchev–Trinajstić information content (AvgIpc) is 3.05. The predicted octanol–water partition coefficient (Wildman–Crippen LogP) is 2.84. The van der Waals surface area contributed by atoms with Gasteiger partial charge in [-0.1, -0.05) is 0 Å². The number of aromatic nitrogens is 4. The SMILES string of the molecule is Brc1cnccc1OC1CCN(c2ncnc3ncccc23)C1. The molecule has 0 N–H and O–H groups in total. The molecular formula is C16H14BrN5O. The summed E-state index contributed by atoms with van der Waals surface area (Å²) in [7, 11) is 0. The summed E-state index contributed by atoms with van der Waals surface area (Å²) in [5, 5.41) is 0.973. The van der Waals surface area contributed by atoms with Gasteiger partial charge in [-0.3, -0.25) is 4.98 Å². The summed E-state index contributed by atoms with van der Waals surface area (Å²) >= 11 is 3.47. The highest BCUT2D eigenvalue weighted by atomic mass is 79.9. The monoisotopic (exact) mass is 371 g/mol. The van der Waals surface area contributed by atoms with E-state index < -0.39 is 0 Å². The second-order valence-corrected chi connectivity index (χ2v) is 6.21. The van der Waals surface area contributed by atoms with Gasteiger partial charge in [-0.25, -0.2) is 15.0 Å². The van der Waals surface area contributed by atoms with E-state index in [1.165, 1.54) is 0 Å².